The number of halogens is 1. The van der Waals surface area contributed by atoms with Crippen LogP contribution < -0.4 is 0 Å². The molecule has 0 unspecified atom stereocenters. The summed E-state index contributed by atoms with van der Waals surface area (Å²) in [4.78, 5) is 17.4. The molecule has 4 aromatic rings. The smallest absolute Gasteiger partial charge is 0.253 e. The van der Waals surface area contributed by atoms with Gasteiger partial charge in [0.1, 0.15) is 29.1 Å². The Kier molecular flexibility index (Phi) is 5.17. The molecular weight excluding hydrogens is 419 g/mol. The zero-order chi connectivity index (χ0) is 21.2. The van der Waals surface area contributed by atoms with E-state index in [4.69, 9.17) is 8.83 Å². The molecule has 1 amide bonds. The van der Waals surface area contributed by atoms with E-state index in [0.29, 0.717) is 34.5 Å². The van der Waals surface area contributed by atoms with Crippen LogP contribution in [0.25, 0.3) is 5.69 Å². The van der Waals surface area contributed by atoms with E-state index in [1.807, 2.05) is 12.1 Å². The molecule has 0 bridgehead atoms. The second kappa shape index (κ2) is 8.27. The summed E-state index contributed by atoms with van der Waals surface area (Å²) in [5.41, 5.74) is 1.33. The van der Waals surface area contributed by atoms with Crippen molar-refractivity contribution in [1.29, 1.82) is 0 Å². The van der Waals surface area contributed by atoms with Crippen LogP contribution in [0, 0.1) is 5.82 Å². The summed E-state index contributed by atoms with van der Waals surface area (Å²) in [5.74, 6) is 0.863. The van der Waals surface area contributed by atoms with Gasteiger partial charge in [-0.1, -0.05) is 17.8 Å². The summed E-state index contributed by atoms with van der Waals surface area (Å²) >= 11 is 1.26. The van der Waals surface area contributed by atoms with Crippen LogP contribution in [0.2, 0.25) is 0 Å². The Morgan fingerprint density at radius 1 is 1.16 bits per heavy atom. The van der Waals surface area contributed by atoms with E-state index >= 15 is 0 Å². The van der Waals surface area contributed by atoms with Crippen LogP contribution in [-0.2, 0) is 4.79 Å². The van der Waals surface area contributed by atoms with Crippen LogP contribution in [0.5, 0.6) is 0 Å². The number of carbonyl (C=O) groups is 1. The average molecular weight is 436 g/mol. The molecule has 9 heteroatoms. The van der Waals surface area contributed by atoms with Crippen molar-refractivity contribution in [2.75, 3.05) is 5.75 Å². The highest BCUT2D eigenvalue weighted by Crippen LogP contribution is 2.34. The molecule has 1 aromatic carbocycles. The average Bonchev–Trinajstić information content (AvgIpc) is 3.56. The Balaban J connectivity index is 1.35. The molecule has 3 aromatic heterocycles. The second-order valence-electron chi connectivity index (χ2n) is 6.85. The first-order valence-corrected chi connectivity index (χ1v) is 10.6. The third-order valence-corrected chi connectivity index (χ3v) is 5.81. The molecule has 7 nitrogen and oxygen atoms in total. The highest BCUT2D eigenvalue weighted by atomic mass is 32.2. The number of hydrogen-bond acceptors (Lipinski definition) is 6. The lowest BCUT2D eigenvalue weighted by Crippen LogP contribution is -2.28. The fraction of sp³-hybridized carbons (Fsp3) is 0.136. The molecule has 0 aliphatic carbocycles. The number of rotatable bonds is 6. The molecule has 1 atom stereocenters. The number of amides is 1. The van der Waals surface area contributed by atoms with E-state index in [1.165, 1.54) is 28.9 Å². The van der Waals surface area contributed by atoms with Crippen molar-refractivity contribution in [3.05, 3.63) is 90.8 Å². The van der Waals surface area contributed by atoms with E-state index in [9.17, 15) is 9.18 Å². The van der Waals surface area contributed by atoms with E-state index in [-0.39, 0.29) is 23.5 Å². The van der Waals surface area contributed by atoms with Crippen molar-refractivity contribution in [1.82, 2.24) is 14.6 Å². The third-order valence-electron chi connectivity index (χ3n) is 4.86. The van der Waals surface area contributed by atoms with Gasteiger partial charge < -0.3 is 8.83 Å². The molecule has 31 heavy (non-hydrogen) atoms. The zero-order valence-electron chi connectivity index (χ0n) is 16.2. The first-order valence-electron chi connectivity index (χ1n) is 9.58. The molecule has 1 aliphatic heterocycles. The summed E-state index contributed by atoms with van der Waals surface area (Å²) in [6, 6.07) is 13.1. The highest BCUT2D eigenvalue weighted by Gasteiger charge is 2.35. The molecule has 0 saturated carbocycles. The normalized spacial score (nSPS) is 16.0. The molecular formula is C22H17FN4O3S. The molecule has 0 saturated heterocycles. The van der Waals surface area contributed by atoms with E-state index in [0.717, 1.165) is 0 Å². The predicted octanol–water partition coefficient (Wildman–Crippen LogP) is 4.67. The summed E-state index contributed by atoms with van der Waals surface area (Å²) in [6.07, 6.45) is 7.00. The molecule has 4 heterocycles. The van der Waals surface area contributed by atoms with E-state index in [1.54, 1.807) is 53.8 Å². The highest BCUT2D eigenvalue weighted by molar-refractivity contribution is 7.99. The second-order valence-corrected chi connectivity index (χ2v) is 7.79. The minimum absolute atomic E-state index is 0.110. The van der Waals surface area contributed by atoms with Crippen molar-refractivity contribution in [2.24, 2.45) is 5.10 Å². The summed E-state index contributed by atoms with van der Waals surface area (Å²) in [7, 11) is 0. The minimum Gasteiger partial charge on any atom is -0.467 e. The number of benzene rings is 1. The van der Waals surface area contributed by atoms with Gasteiger partial charge in [0.15, 0.2) is 5.16 Å². The Hall–Kier alpha value is -3.59. The number of hydrazone groups is 1. The lowest BCUT2D eigenvalue weighted by molar-refractivity contribution is -0.130. The Morgan fingerprint density at radius 2 is 2.03 bits per heavy atom. The molecule has 0 spiro atoms. The zero-order valence-corrected chi connectivity index (χ0v) is 17.0. The van der Waals surface area contributed by atoms with Crippen molar-refractivity contribution in [2.45, 2.75) is 17.6 Å². The Morgan fingerprint density at radius 3 is 2.81 bits per heavy atom. The molecule has 5 rings (SSSR count). The van der Waals surface area contributed by atoms with Gasteiger partial charge in [0.2, 0.25) is 0 Å². The summed E-state index contributed by atoms with van der Waals surface area (Å²) < 4.78 is 26.4. The van der Waals surface area contributed by atoms with Gasteiger partial charge in [0, 0.05) is 18.8 Å². The van der Waals surface area contributed by atoms with Gasteiger partial charge in [-0.3, -0.25) is 9.36 Å². The van der Waals surface area contributed by atoms with Crippen molar-refractivity contribution in [3.8, 4) is 5.69 Å². The van der Waals surface area contributed by atoms with Crippen LogP contribution in [-0.4, -0.2) is 31.9 Å². The van der Waals surface area contributed by atoms with Crippen LogP contribution in [0.15, 0.2) is 92.5 Å². The van der Waals surface area contributed by atoms with Gasteiger partial charge >= 0.3 is 0 Å². The SMILES string of the molecule is O=C(CSc1nccn1-c1cccc(F)c1)N1N=C(c2ccco2)C[C@H]1c1ccco1. The Labute approximate surface area is 181 Å². The van der Waals surface area contributed by atoms with Gasteiger partial charge in [-0.05, 0) is 42.5 Å². The maximum absolute atomic E-state index is 13.6. The fourth-order valence-corrected chi connectivity index (χ4v) is 4.27. The molecule has 156 valence electrons. The molecule has 1 aliphatic rings. The number of carbonyl (C=O) groups excluding carboxylic acids is 1. The number of aromatic nitrogens is 2. The summed E-state index contributed by atoms with van der Waals surface area (Å²) in [6.45, 7) is 0. The number of furan rings is 2. The molecule has 0 fully saturated rings. The van der Waals surface area contributed by atoms with Crippen LogP contribution in [0.4, 0.5) is 4.39 Å². The Bertz CT molecular complexity index is 1220. The number of nitrogens with zero attached hydrogens (tertiary/aromatic N) is 4. The topological polar surface area (TPSA) is 76.8 Å². The third kappa shape index (κ3) is 3.91. The number of hydrogen-bond donors (Lipinski definition) is 0. The number of thioether (sulfide) groups is 1. The van der Waals surface area contributed by atoms with Crippen LogP contribution in [0.3, 0.4) is 0 Å². The quantitative estimate of drug-likeness (QED) is 0.411. The monoisotopic (exact) mass is 436 g/mol. The maximum Gasteiger partial charge on any atom is 0.253 e. The van der Waals surface area contributed by atoms with E-state index in [2.05, 4.69) is 10.1 Å². The standard InChI is InChI=1S/C22H17FN4O3S/c23-15-4-1-5-16(12-15)26-9-8-24-22(26)31-14-21(28)27-18(20-7-3-11-30-20)13-17(25-27)19-6-2-10-29-19/h1-12,18H,13-14H2/t18-/m0/s1. The van der Waals surface area contributed by atoms with Gasteiger partial charge in [0.05, 0.1) is 24.0 Å². The van der Waals surface area contributed by atoms with Crippen molar-refractivity contribution < 1.29 is 18.0 Å². The first-order chi connectivity index (χ1) is 15.2. The molecule has 0 N–H and O–H groups in total. The largest absolute Gasteiger partial charge is 0.467 e. The number of imidazole rings is 1. The van der Waals surface area contributed by atoms with Crippen LogP contribution >= 0.6 is 11.8 Å². The van der Waals surface area contributed by atoms with Crippen molar-refractivity contribution >= 4 is 23.4 Å². The van der Waals surface area contributed by atoms with Gasteiger partial charge in [0.25, 0.3) is 5.91 Å². The first kappa shape index (κ1) is 19.4. The summed E-state index contributed by atoms with van der Waals surface area (Å²) in [5, 5.41) is 6.55. The predicted molar refractivity (Wildman–Crippen MR) is 112 cm³/mol. The minimum atomic E-state index is -0.342. The van der Waals surface area contributed by atoms with Gasteiger partial charge in [-0.2, -0.15) is 5.10 Å². The molecule has 0 radical (unpaired) electrons. The van der Waals surface area contributed by atoms with Gasteiger partial charge in [-0.15, -0.1) is 0 Å². The van der Waals surface area contributed by atoms with Gasteiger partial charge in [-0.25, -0.2) is 14.4 Å². The van der Waals surface area contributed by atoms with Crippen LogP contribution in [0.1, 0.15) is 24.0 Å². The van der Waals surface area contributed by atoms with Crippen molar-refractivity contribution in [3.63, 3.8) is 0 Å². The maximum atomic E-state index is 13.6. The fourth-order valence-electron chi connectivity index (χ4n) is 3.45. The van der Waals surface area contributed by atoms with E-state index < -0.39 is 0 Å². The lowest BCUT2D eigenvalue weighted by Gasteiger charge is -2.19. The lowest BCUT2D eigenvalue weighted by atomic mass is 10.1.